The lowest BCUT2D eigenvalue weighted by atomic mass is 9.95. The molecule has 1 aliphatic carbocycles. The van der Waals surface area contributed by atoms with E-state index in [1.165, 1.54) is 12.0 Å². The fraction of sp³-hybridized carbons (Fsp3) is 0.391. The lowest BCUT2D eigenvalue weighted by Crippen LogP contribution is -2.36. The number of amides is 1. The molecule has 1 aromatic heterocycles. The SMILES string of the molecule is Cc1ccc(-n2c(C)cc(/C=C(\C#N)C(=O)NC3CCCCC3)c2C)cc1. The first-order valence-corrected chi connectivity index (χ1v) is 9.68. The van der Waals surface area contributed by atoms with E-state index >= 15 is 0 Å². The first-order chi connectivity index (χ1) is 13.0. The molecule has 2 aromatic rings. The van der Waals surface area contributed by atoms with Crippen LogP contribution in [0.15, 0.2) is 35.9 Å². The summed E-state index contributed by atoms with van der Waals surface area (Å²) in [6.07, 6.45) is 7.25. The Kier molecular flexibility index (Phi) is 5.81. The van der Waals surface area contributed by atoms with E-state index in [4.69, 9.17) is 0 Å². The Bertz CT molecular complexity index is 891. The normalized spacial score (nSPS) is 15.4. The maximum atomic E-state index is 12.5. The van der Waals surface area contributed by atoms with Crippen LogP contribution in [0.3, 0.4) is 0 Å². The fourth-order valence-corrected chi connectivity index (χ4v) is 3.84. The van der Waals surface area contributed by atoms with E-state index in [1.807, 2.05) is 19.9 Å². The summed E-state index contributed by atoms with van der Waals surface area (Å²) in [5.74, 6) is -0.260. The van der Waals surface area contributed by atoms with Crippen LogP contribution in [-0.2, 0) is 4.79 Å². The predicted molar refractivity (Wildman–Crippen MR) is 109 cm³/mol. The molecule has 0 radical (unpaired) electrons. The van der Waals surface area contributed by atoms with Gasteiger partial charge < -0.3 is 9.88 Å². The number of nitrogens with one attached hydrogen (secondary N) is 1. The van der Waals surface area contributed by atoms with Gasteiger partial charge in [0.05, 0.1) is 0 Å². The van der Waals surface area contributed by atoms with Crippen LogP contribution >= 0.6 is 0 Å². The second-order valence-corrected chi connectivity index (χ2v) is 7.48. The van der Waals surface area contributed by atoms with Gasteiger partial charge in [0, 0.05) is 23.1 Å². The number of hydrogen-bond acceptors (Lipinski definition) is 2. The Morgan fingerprint density at radius 3 is 2.44 bits per heavy atom. The molecule has 1 aliphatic rings. The van der Waals surface area contributed by atoms with Gasteiger partial charge in [0.15, 0.2) is 0 Å². The molecule has 4 nitrogen and oxygen atoms in total. The molecule has 1 saturated carbocycles. The van der Waals surface area contributed by atoms with Gasteiger partial charge in [-0.15, -0.1) is 0 Å². The standard InChI is InChI=1S/C23H27N3O/c1-16-9-11-22(12-10-16)26-17(2)13-19(18(26)3)14-20(15-24)23(27)25-21-7-5-4-6-8-21/h9-14,21H,4-8H2,1-3H3,(H,25,27)/b20-14+. The average molecular weight is 361 g/mol. The highest BCUT2D eigenvalue weighted by Gasteiger charge is 2.19. The summed E-state index contributed by atoms with van der Waals surface area (Å²) in [6, 6.07) is 12.7. The fourth-order valence-electron chi connectivity index (χ4n) is 3.84. The molecular weight excluding hydrogens is 334 g/mol. The van der Waals surface area contributed by atoms with Crippen LogP contribution in [0.2, 0.25) is 0 Å². The van der Waals surface area contributed by atoms with Crippen molar-refractivity contribution < 1.29 is 4.79 Å². The minimum Gasteiger partial charge on any atom is -0.349 e. The molecule has 0 saturated heterocycles. The van der Waals surface area contributed by atoms with Crippen molar-refractivity contribution in [3.05, 3.63) is 58.4 Å². The smallest absolute Gasteiger partial charge is 0.262 e. The number of nitrogens with zero attached hydrogens (tertiary/aromatic N) is 2. The van der Waals surface area contributed by atoms with Gasteiger partial charge >= 0.3 is 0 Å². The van der Waals surface area contributed by atoms with Gasteiger partial charge in [-0.25, -0.2) is 0 Å². The molecule has 0 aliphatic heterocycles. The number of aromatic nitrogens is 1. The highest BCUT2D eigenvalue weighted by Crippen LogP contribution is 2.23. The van der Waals surface area contributed by atoms with Crippen molar-refractivity contribution in [3.63, 3.8) is 0 Å². The predicted octanol–water partition coefficient (Wildman–Crippen LogP) is 4.76. The second-order valence-electron chi connectivity index (χ2n) is 7.48. The van der Waals surface area contributed by atoms with E-state index in [1.54, 1.807) is 6.08 Å². The van der Waals surface area contributed by atoms with Gasteiger partial charge in [0.1, 0.15) is 11.6 Å². The molecule has 0 atom stereocenters. The van der Waals surface area contributed by atoms with Crippen LogP contribution < -0.4 is 5.32 Å². The number of rotatable bonds is 4. The third-order valence-corrected chi connectivity index (χ3v) is 5.37. The summed E-state index contributed by atoms with van der Waals surface area (Å²) in [5, 5.41) is 12.5. The van der Waals surface area contributed by atoms with Crippen LogP contribution in [0, 0.1) is 32.1 Å². The lowest BCUT2D eigenvalue weighted by molar-refractivity contribution is -0.117. The van der Waals surface area contributed by atoms with Crippen molar-refractivity contribution in [1.82, 2.24) is 9.88 Å². The van der Waals surface area contributed by atoms with Gasteiger partial charge in [-0.2, -0.15) is 5.26 Å². The van der Waals surface area contributed by atoms with Gasteiger partial charge in [-0.3, -0.25) is 4.79 Å². The van der Waals surface area contributed by atoms with Crippen LogP contribution in [0.4, 0.5) is 0 Å². The minimum atomic E-state index is -0.260. The Morgan fingerprint density at radius 2 is 1.81 bits per heavy atom. The van der Waals surface area contributed by atoms with Gasteiger partial charge in [0.25, 0.3) is 5.91 Å². The van der Waals surface area contributed by atoms with Crippen LogP contribution in [0.1, 0.15) is 54.6 Å². The number of hydrogen-bond donors (Lipinski definition) is 1. The van der Waals surface area contributed by atoms with Crippen molar-refractivity contribution in [2.45, 2.75) is 58.9 Å². The molecule has 1 N–H and O–H groups in total. The van der Waals surface area contributed by atoms with E-state index in [-0.39, 0.29) is 17.5 Å². The number of aryl methyl sites for hydroxylation is 2. The maximum absolute atomic E-state index is 12.5. The zero-order chi connectivity index (χ0) is 19.4. The van der Waals surface area contributed by atoms with Crippen molar-refractivity contribution >= 4 is 12.0 Å². The van der Waals surface area contributed by atoms with Crippen LogP contribution in [0.25, 0.3) is 11.8 Å². The summed E-state index contributed by atoms with van der Waals surface area (Å²) in [4.78, 5) is 12.5. The van der Waals surface area contributed by atoms with Crippen LogP contribution in [0.5, 0.6) is 0 Å². The molecule has 1 aromatic carbocycles. The Hall–Kier alpha value is -2.80. The molecule has 0 unspecified atom stereocenters. The van der Waals surface area contributed by atoms with E-state index in [9.17, 15) is 10.1 Å². The summed E-state index contributed by atoms with van der Waals surface area (Å²) >= 11 is 0. The molecular formula is C23H27N3O. The van der Waals surface area contributed by atoms with Crippen molar-refractivity contribution in [1.29, 1.82) is 5.26 Å². The largest absolute Gasteiger partial charge is 0.349 e. The first-order valence-electron chi connectivity index (χ1n) is 9.68. The van der Waals surface area contributed by atoms with Crippen molar-refractivity contribution in [2.75, 3.05) is 0 Å². The van der Waals surface area contributed by atoms with E-state index in [0.717, 1.165) is 48.3 Å². The Labute approximate surface area is 161 Å². The molecule has 1 amide bonds. The number of nitriles is 1. The minimum absolute atomic E-state index is 0.171. The average Bonchev–Trinajstić information content (AvgIpc) is 2.94. The molecule has 1 fully saturated rings. The summed E-state index contributed by atoms with van der Waals surface area (Å²) in [6.45, 7) is 6.13. The van der Waals surface area contributed by atoms with E-state index in [2.05, 4.69) is 47.1 Å². The topological polar surface area (TPSA) is 57.8 Å². The molecule has 3 rings (SSSR count). The summed E-state index contributed by atoms with van der Waals surface area (Å²) in [7, 11) is 0. The third-order valence-electron chi connectivity index (χ3n) is 5.37. The first kappa shape index (κ1) is 19.0. The summed E-state index contributed by atoms with van der Waals surface area (Å²) < 4.78 is 2.15. The van der Waals surface area contributed by atoms with Gasteiger partial charge in [-0.1, -0.05) is 37.0 Å². The molecule has 27 heavy (non-hydrogen) atoms. The highest BCUT2D eigenvalue weighted by atomic mass is 16.1. The molecule has 0 bridgehead atoms. The molecule has 4 heteroatoms. The monoisotopic (exact) mass is 361 g/mol. The van der Waals surface area contributed by atoms with Crippen molar-refractivity contribution in [3.8, 4) is 11.8 Å². The van der Waals surface area contributed by atoms with Gasteiger partial charge in [0.2, 0.25) is 0 Å². The number of carbonyl (C=O) groups is 1. The third kappa shape index (κ3) is 4.31. The van der Waals surface area contributed by atoms with E-state index in [0.29, 0.717) is 0 Å². The summed E-state index contributed by atoms with van der Waals surface area (Å²) in [5.41, 5.74) is 5.48. The quantitative estimate of drug-likeness (QED) is 0.630. The molecule has 0 spiro atoms. The molecule has 1 heterocycles. The van der Waals surface area contributed by atoms with Gasteiger partial charge in [-0.05, 0) is 63.5 Å². The zero-order valence-corrected chi connectivity index (χ0v) is 16.4. The number of carbonyl (C=O) groups excluding carboxylic acids is 1. The Balaban J connectivity index is 1.86. The number of benzene rings is 1. The maximum Gasteiger partial charge on any atom is 0.262 e. The van der Waals surface area contributed by atoms with Crippen molar-refractivity contribution in [2.24, 2.45) is 0 Å². The van der Waals surface area contributed by atoms with Crippen LogP contribution in [-0.4, -0.2) is 16.5 Å². The molecule has 140 valence electrons. The zero-order valence-electron chi connectivity index (χ0n) is 16.4. The Morgan fingerprint density at radius 1 is 1.15 bits per heavy atom. The lowest BCUT2D eigenvalue weighted by Gasteiger charge is -2.22. The van der Waals surface area contributed by atoms with E-state index < -0.39 is 0 Å². The second kappa shape index (κ2) is 8.26. The highest BCUT2D eigenvalue weighted by molar-refractivity contribution is 6.02.